The van der Waals surface area contributed by atoms with E-state index in [0.29, 0.717) is 5.75 Å². The predicted octanol–water partition coefficient (Wildman–Crippen LogP) is 5.55. The Bertz CT molecular complexity index is 366. The summed E-state index contributed by atoms with van der Waals surface area (Å²) in [5.74, 6) is 0.400. The molecule has 1 rings (SSSR count). The highest BCUT2D eigenvalue weighted by atomic mass is 16.3. The maximum Gasteiger partial charge on any atom is 0.123 e. The van der Waals surface area contributed by atoms with Crippen molar-refractivity contribution in [3.05, 3.63) is 35.9 Å². The van der Waals surface area contributed by atoms with Gasteiger partial charge in [-0.2, -0.15) is 0 Å². The zero-order chi connectivity index (χ0) is 13.2. The first-order valence-corrected chi connectivity index (χ1v) is 7.23. The van der Waals surface area contributed by atoms with Crippen LogP contribution in [0.15, 0.2) is 30.3 Å². The third-order valence-electron chi connectivity index (χ3n) is 3.40. The van der Waals surface area contributed by atoms with Crippen molar-refractivity contribution >= 4 is 5.57 Å². The van der Waals surface area contributed by atoms with Gasteiger partial charge in [-0.15, -0.1) is 0 Å². The lowest BCUT2D eigenvalue weighted by atomic mass is 9.98. The van der Waals surface area contributed by atoms with E-state index < -0.39 is 0 Å². The third kappa shape index (κ3) is 4.95. The number of allylic oxidation sites excluding steroid dienone is 2. The molecule has 18 heavy (non-hydrogen) atoms. The zero-order valence-corrected chi connectivity index (χ0v) is 11.8. The largest absolute Gasteiger partial charge is 0.507 e. The molecule has 0 aliphatic heterocycles. The maximum atomic E-state index is 9.84. The summed E-state index contributed by atoms with van der Waals surface area (Å²) in [4.78, 5) is 0. The number of benzene rings is 1. The number of rotatable bonds is 8. The van der Waals surface area contributed by atoms with Crippen molar-refractivity contribution < 1.29 is 5.11 Å². The highest BCUT2D eigenvalue weighted by Gasteiger charge is 2.05. The standard InChI is InChI=1S/C17H26O/c1-3-5-6-7-8-9-12-15(4-2)16-13-10-11-14-17(16)18/h4,10-11,13-14,18H,3,5-9,12H2,1-2H3/b15-4-. The van der Waals surface area contributed by atoms with Crippen molar-refractivity contribution in [3.63, 3.8) is 0 Å². The Morgan fingerprint density at radius 1 is 1.06 bits per heavy atom. The van der Waals surface area contributed by atoms with Gasteiger partial charge in [0.25, 0.3) is 0 Å². The van der Waals surface area contributed by atoms with E-state index >= 15 is 0 Å². The lowest BCUT2D eigenvalue weighted by Crippen LogP contribution is -1.87. The van der Waals surface area contributed by atoms with Crippen molar-refractivity contribution in [2.45, 2.75) is 58.8 Å². The first-order chi connectivity index (χ1) is 8.79. The van der Waals surface area contributed by atoms with Gasteiger partial charge in [0.1, 0.15) is 5.75 Å². The Kier molecular flexibility index (Phi) is 7.24. The molecule has 100 valence electrons. The molecule has 0 heterocycles. The summed E-state index contributed by atoms with van der Waals surface area (Å²) in [6, 6.07) is 7.62. The molecule has 1 aromatic carbocycles. The predicted molar refractivity (Wildman–Crippen MR) is 79.8 cm³/mol. The minimum absolute atomic E-state index is 0.400. The van der Waals surface area contributed by atoms with Gasteiger partial charge in [-0.05, 0) is 31.4 Å². The first-order valence-electron chi connectivity index (χ1n) is 7.23. The number of aromatic hydroxyl groups is 1. The lowest BCUT2D eigenvalue weighted by Gasteiger charge is -2.09. The van der Waals surface area contributed by atoms with Crippen LogP contribution in [0.25, 0.3) is 5.57 Å². The van der Waals surface area contributed by atoms with Gasteiger partial charge in [-0.25, -0.2) is 0 Å². The Balaban J connectivity index is 2.38. The quantitative estimate of drug-likeness (QED) is 0.596. The average molecular weight is 246 g/mol. The molecule has 0 atom stereocenters. The van der Waals surface area contributed by atoms with Crippen LogP contribution in [0.3, 0.4) is 0 Å². The average Bonchev–Trinajstić information content (AvgIpc) is 2.39. The molecule has 0 radical (unpaired) electrons. The van der Waals surface area contributed by atoms with Gasteiger partial charge >= 0.3 is 0 Å². The van der Waals surface area contributed by atoms with E-state index in [1.54, 1.807) is 6.07 Å². The summed E-state index contributed by atoms with van der Waals surface area (Å²) >= 11 is 0. The van der Waals surface area contributed by atoms with E-state index in [1.165, 1.54) is 44.1 Å². The SMILES string of the molecule is C/C=C(/CCCCCCCC)c1ccccc1O. The van der Waals surface area contributed by atoms with E-state index in [2.05, 4.69) is 19.9 Å². The van der Waals surface area contributed by atoms with E-state index in [0.717, 1.165) is 12.0 Å². The highest BCUT2D eigenvalue weighted by Crippen LogP contribution is 2.28. The van der Waals surface area contributed by atoms with Gasteiger partial charge in [0.2, 0.25) is 0 Å². The van der Waals surface area contributed by atoms with E-state index in [9.17, 15) is 5.11 Å². The van der Waals surface area contributed by atoms with Crippen LogP contribution in [-0.2, 0) is 0 Å². The minimum Gasteiger partial charge on any atom is -0.507 e. The number of hydrogen-bond donors (Lipinski definition) is 1. The van der Waals surface area contributed by atoms with Gasteiger partial charge in [-0.1, -0.05) is 63.3 Å². The van der Waals surface area contributed by atoms with Crippen LogP contribution in [0, 0.1) is 0 Å². The van der Waals surface area contributed by atoms with Crippen LogP contribution < -0.4 is 0 Å². The fourth-order valence-corrected chi connectivity index (χ4v) is 2.28. The van der Waals surface area contributed by atoms with Crippen LogP contribution in [0.5, 0.6) is 5.75 Å². The van der Waals surface area contributed by atoms with Gasteiger partial charge in [0, 0.05) is 5.56 Å². The minimum atomic E-state index is 0.400. The highest BCUT2D eigenvalue weighted by molar-refractivity contribution is 5.69. The molecule has 0 bridgehead atoms. The molecule has 0 spiro atoms. The van der Waals surface area contributed by atoms with Gasteiger partial charge in [0.05, 0.1) is 0 Å². The second kappa shape index (κ2) is 8.79. The van der Waals surface area contributed by atoms with Crippen molar-refractivity contribution in [2.24, 2.45) is 0 Å². The van der Waals surface area contributed by atoms with Crippen LogP contribution in [0.2, 0.25) is 0 Å². The van der Waals surface area contributed by atoms with Crippen molar-refractivity contribution in [2.75, 3.05) is 0 Å². The van der Waals surface area contributed by atoms with Crippen LogP contribution in [-0.4, -0.2) is 5.11 Å². The molecule has 0 saturated heterocycles. The second-order valence-electron chi connectivity index (χ2n) is 4.85. The molecule has 1 aromatic rings. The lowest BCUT2D eigenvalue weighted by molar-refractivity contribution is 0.473. The normalized spacial score (nSPS) is 11.8. The monoisotopic (exact) mass is 246 g/mol. The van der Waals surface area contributed by atoms with E-state index in [-0.39, 0.29) is 0 Å². The van der Waals surface area contributed by atoms with E-state index in [4.69, 9.17) is 0 Å². The summed E-state index contributed by atoms with van der Waals surface area (Å²) in [5, 5.41) is 9.84. The molecular formula is C17H26O. The molecule has 1 N–H and O–H groups in total. The fraction of sp³-hybridized carbons (Fsp3) is 0.529. The first kappa shape index (κ1) is 14.8. The Hall–Kier alpha value is -1.24. The molecule has 0 unspecified atom stereocenters. The number of hydrogen-bond acceptors (Lipinski definition) is 1. The topological polar surface area (TPSA) is 20.2 Å². The number of phenols is 1. The Morgan fingerprint density at radius 3 is 2.39 bits per heavy atom. The van der Waals surface area contributed by atoms with Crippen molar-refractivity contribution in [1.82, 2.24) is 0 Å². The van der Waals surface area contributed by atoms with Crippen LogP contribution in [0.1, 0.15) is 64.4 Å². The molecule has 0 aliphatic carbocycles. The molecular weight excluding hydrogens is 220 g/mol. The number of para-hydroxylation sites is 1. The summed E-state index contributed by atoms with van der Waals surface area (Å²) in [6.07, 6.45) is 11.1. The molecule has 0 amide bonds. The molecule has 0 fully saturated rings. The van der Waals surface area contributed by atoms with E-state index in [1.807, 2.05) is 18.2 Å². The van der Waals surface area contributed by atoms with Crippen molar-refractivity contribution in [1.29, 1.82) is 0 Å². The molecule has 0 aromatic heterocycles. The number of unbranched alkanes of at least 4 members (excludes halogenated alkanes) is 5. The fourth-order valence-electron chi connectivity index (χ4n) is 2.28. The summed E-state index contributed by atoms with van der Waals surface area (Å²) in [7, 11) is 0. The smallest absolute Gasteiger partial charge is 0.123 e. The molecule has 0 aliphatic rings. The van der Waals surface area contributed by atoms with Crippen LogP contribution >= 0.6 is 0 Å². The third-order valence-corrected chi connectivity index (χ3v) is 3.40. The maximum absolute atomic E-state index is 9.84. The van der Waals surface area contributed by atoms with Crippen LogP contribution in [0.4, 0.5) is 0 Å². The summed E-state index contributed by atoms with van der Waals surface area (Å²) in [5.41, 5.74) is 2.26. The molecule has 0 saturated carbocycles. The number of phenolic OH excluding ortho intramolecular Hbond substituents is 1. The van der Waals surface area contributed by atoms with Gasteiger partial charge in [-0.3, -0.25) is 0 Å². The zero-order valence-electron chi connectivity index (χ0n) is 11.8. The van der Waals surface area contributed by atoms with Gasteiger partial charge < -0.3 is 5.11 Å². The van der Waals surface area contributed by atoms with Gasteiger partial charge in [0.15, 0.2) is 0 Å². The summed E-state index contributed by atoms with van der Waals surface area (Å²) < 4.78 is 0. The summed E-state index contributed by atoms with van der Waals surface area (Å²) in [6.45, 7) is 4.30. The second-order valence-corrected chi connectivity index (χ2v) is 4.85. The molecule has 1 nitrogen and oxygen atoms in total. The van der Waals surface area contributed by atoms with Crippen molar-refractivity contribution in [3.8, 4) is 5.75 Å². The molecule has 1 heteroatoms. The Morgan fingerprint density at radius 2 is 1.72 bits per heavy atom. The Labute approximate surface area is 112 Å².